The molecule has 0 unspecified atom stereocenters. The summed E-state index contributed by atoms with van der Waals surface area (Å²) in [5.74, 6) is 0.347. The Morgan fingerprint density at radius 1 is 1.33 bits per heavy atom. The van der Waals surface area contributed by atoms with E-state index in [0.29, 0.717) is 16.5 Å². The van der Waals surface area contributed by atoms with Crippen molar-refractivity contribution in [1.82, 2.24) is 4.98 Å². The van der Waals surface area contributed by atoms with E-state index in [4.69, 9.17) is 22.1 Å². The van der Waals surface area contributed by atoms with Crippen LogP contribution < -0.4 is 10.5 Å². The summed E-state index contributed by atoms with van der Waals surface area (Å²) in [7, 11) is 0. The number of halogens is 1. The van der Waals surface area contributed by atoms with Crippen LogP contribution in [0.5, 0.6) is 11.5 Å². The van der Waals surface area contributed by atoms with Gasteiger partial charge >= 0.3 is 5.69 Å². The fraction of sp³-hybridized carbons (Fsp3) is 0. The highest BCUT2D eigenvalue weighted by Crippen LogP contribution is 2.33. The van der Waals surface area contributed by atoms with E-state index in [0.717, 1.165) is 0 Å². The third-order valence-corrected chi connectivity index (χ3v) is 2.32. The van der Waals surface area contributed by atoms with E-state index in [-0.39, 0.29) is 11.4 Å². The number of anilines is 1. The van der Waals surface area contributed by atoms with Crippen molar-refractivity contribution in [3.63, 3.8) is 0 Å². The van der Waals surface area contributed by atoms with Crippen LogP contribution in [0, 0.1) is 10.1 Å². The van der Waals surface area contributed by atoms with E-state index in [2.05, 4.69) is 4.98 Å². The quantitative estimate of drug-likeness (QED) is 0.680. The first-order valence-electron chi connectivity index (χ1n) is 4.88. The molecule has 1 aromatic heterocycles. The second-order valence-electron chi connectivity index (χ2n) is 3.43. The number of pyridine rings is 1. The van der Waals surface area contributed by atoms with Gasteiger partial charge in [-0.25, -0.2) is 0 Å². The van der Waals surface area contributed by atoms with Gasteiger partial charge in [0.1, 0.15) is 5.75 Å². The number of nitro groups is 1. The van der Waals surface area contributed by atoms with Crippen LogP contribution in [0.25, 0.3) is 0 Å². The Kier molecular flexibility index (Phi) is 3.29. The molecule has 92 valence electrons. The van der Waals surface area contributed by atoms with Gasteiger partial charge in [0.05, 0.1) is 23.0 Å². The molecule has 2 N–H and O–H groups in total. The number of nitro benzene ring substituents is 1. The van der Waals surface area contributed by atoms with Gasteiger partial charge in [0.25, 0.3) is 0 Å². The van der Waals surface area contributed by atoms with E-state index < -0.39 is 4.92 Å². The standard InChI is InChI=1S/C11H8ClN3O3/c12-7-1-2-10(15(16)17)11(3-7)18-9-4-8(13)5-14-6-9/h1-6H,13H2. The number of benzene rings is 1. The van der Waals surface area contributed by atoms with Crippen LogP contribution in [0.1, 0.15) is 0 Å². The number of nitrogen functional groups attached to an aromatic ring is 1. The van der Waals surface area contributed by atoms with Gasteiger partial charge in [0, 0.05) is 23.2 Å². The minimum Gasteiger partial charge on any atom is -0.448 e. The highest BCUT2D eigenvalue weighted by molar-refractivity contribution is 6.30. The third kappa shape index (κ3) is 2.67. The van der Waals surface area contributed by atoms with E-state index in [1.165, 1.54) is 36.7 Å². The summed E-state index contributed by atoms with van der Waals surface area (Å²) in [5, 5.41) is 11.2. The van der Waals surface area contributed by atoms with Gasteiger partial charge in [-0.05, 0) is 6.07 Å². The van der Waals surface area contributed by atoms with Gasteiger partial charge in [-0.15, -0.1) is 0 Å². The molecular formula is C11H8ClN3O3. The van der Waals surface area contributed by atoms with Gasteiger partial charge in [-0.3, -0.25) is 15.1 Å². The van der Waals surface area contributed by atoms with Crippen LogP contribution in [0.2, 0.25) is 5.02 Å². The zero-order chi connectivity index (χ0) is 13.1. The highest BCUT2D eigenvalue weighted by atomic mass is 35.5. The molecule has 0 atom stereocenters. The van der Waals surface area contributed by atoms with Crippen molar-refractivity contribution in [2.75, 3.05) is 5.73 Å². The highest BCUT2D eigenvalue weighted by Gasteiger charge is 2.16. The number of nitrogens with two attached hydrogens (primary N) is 1. The molecule has 18 heavy (non-hydrogen) atoms. The molecule has 0 saturated heterocycles. The minimum atomic E-state index is -0.550. The molecule has 7 heteroatoms. The normalized spacial score (nSPS) is 10.1. The minimum absolute atomic E-state index is 0.0416. The van der Waals surface area contributed by atoms with Crippen molar-refractivity contribution >= 4 is 23.0 Å². The lowest BCUT2D eigenvalue weighted by Crippen LogP contribution is -1.94. The number of hydrogen-bond donors (Lipinski definition) is 1. The van der Waals surface area contributed by atoms with Crippen molar-refractivity contribution in [3.8, 4) is 11.5 Å². The molecule has 0 aliphatic heterocycles. The summed E-state index contributed by atoms with van der Waals surface area (Å²) in [6, 6.07) is 5.57. The molecule has 1 aromatic carbocycles. The van der Waals surface area contributed by atoms with Crippen LogP contribution in [0.15, 0.2) is 36.7 Å². The Morgan fingerprint density at radius 3 is 2.78 bits per heavy atom. The molecule has 0 saturated carbocycles. The van der Waals surface area contributed by atoms with E-state index in [9.17, 15) is 10.1 Å². The van der Waals surface area contributed by atoms with Gasteiger partial charge in [-0.2, -0.15) is 0 Å². The number of aromatic nitrogens is 1. The van der Waals surface area contributed by atoms with Gasteiger partial charge in [-0.1, -0.05) is 11.6 Å². The maximum absolute atomic E-state index is 10.8. The molecule has 6 nitrogen and oxygen atoms in total. The molecule has 0 amide bonds. The Hall–Kier alpha value is -2.34. The molecule has 2 rings (SSSR count). The van der Waals surface area contributed by atoms with Crippen molar-refractivity contribution in [3.05, 3.63) is 51.8 Å². The van der Waals surface area contributed by atoms with Crippen LogP contribution in [-0.2, 0) is 0 Å². The first-order valence-corrected chi connectivity index (χ1v) is 5.26. The lowest BCUT2D eigenvalue weighted by molar-refractivity contribution is -0.385. The fourth-order valence-electron chi connectivity index (χ4n) is 1.34. The molecule has 0 spiro atoms. The van der Waals surface area contributed by atoms with Gasteiger partial charge in [0.2, 0.25) is 5.75 Å². The van der Waals surface area contributed by atoms with Crippen LogP contribution >= 0.6 is 11.6 Å². The van der Waals surface area contributed by atoms with Gasteiger partial charge < -0.3 is 10.5 Å². The Bertz CT molecular complexity index is 604. The lowest BCUT2D eigenvalue weighted by atomic mass is 10.3. The molecule has 0 bridgehead atoms. The Morgan fingerprint density at radius 2 is 2.11 bits per heavy atom. The number of ether oxygens (including phenoxy) is 1. The number of rotatable bonds is 3. The Balaban J connectivity index is 2.39. The second kappa shape index (κ2) is 4.89. The van der Waals surface area contributed by atoms with Crippen molar-refractivity contribution in [2.45, 2.75) is 0 Å². The topological polar surface area (TPSA) is 91.3 Å². The van der Waals surface area contributed by atoms with Crippen LogP contribution in [0.3, 0.4) is 0 Å². The summed E-state index contributed by atoms with van der Waals surface area (Å²) >= 11 is 5.78. The molecule has 2 aromatic rings. The summed E-state index contributed by atoms with van der Waals surface area (Å²) < 4.78 is 5.36. The molecule has 0 fully saturated rings. The van der Waals surface area contributed by atoms with E-state index in [1.54, 1.807) is 0 Å². The average Bonchev–Trinajstić information content (AvgIpc) is 2.28. The summed E-state index contributed by atoms with van der Waals surface area (Å²) in [5.41, 5.74) is 5.76. The maximum atomic E-state index is 10.8. The molecule has 0 radical (unpaired) electrons. The maximum Gasteiger partial charge on any atom is 0.311 e. The molecule has 0 aliphatic rings. The largest absolute Gasteiger partial charge is 0.448 e. The van der Waals surface area contributed by atoms with Crippen molar-refractivity contribution < 1.29 is 9.66 Å². The first-order chi connectivity index (χ1) is 8.56. The van der Waals surface area contributed by atoms with Crippen molar-refractivity contribution in [1.29, 1.82) is 0 Å². The van der Waals surface area contributed by atoms with Crippen LogP contribution in [0.4, 0.5) is 11.4 Å². The fourth-order valence-corrected chi connectivity index (χ4v) is 1.50. The van der Waals surface area contributed by atoms with Crippen molar-refractivity contribution in [2.24, 2.45) is 0 Å². The zero-order valence-electron chi connectivity index (χ0n) is 9.04. The molecule has 1 heterocycles. The Labute approximate surface area is 107 Å². The summed E-state index contributed by atoms with van der Waals surface area (Å²) in [6.07, 6.45) is 2.85. The number of nitrogens with zero attached hydrogens (tertiary/aromatic N) is 2. The van der Waals surface area contributed by atoms with E-state index >= 15 is 0 Å². The summed E-state index contributed by atoms with van der Waals surface area (Å²) in [4.78, 5) is 14.1. The third-order valence-electron chi connectivity index (χ3n) is 2.08. The first kappa shape index (κ1) is 12.1. The second-order valence-corrected chi connectivity index (χ2v) is 3.86. The SMILES string of the molecule is Nc1cncc(Oc2cc(Cl)ccc2[N+](=O)[O-])c1. The van der Waals surface area contributed by atoms with E-state index in [1.807, 2.05) is 0 Å². The summed E-state index contributed by atoms with van der Waals surface area (Å²) in [6.45, 7) is 0. The lowest BCUT2D eigenvalue weighted by Gasteiger charge is -2.06. The predicted molar refractivity (Wildman–Crippen MR) is 66.8 cm³/mol. The number of hydrogen-bond acceptors (Lipinski definition) is 5. The van der Waals surface area contributed by atoms with Crippen LogP contribution in [-0.4, -0.2) is 9.91 Å². The zero-order valence-corrected chi connectivity index (χ0v) is 9.79. The van der Waals surface area contributed by atoms with Gasteiger partial charge in [0.15, 0.2) is 0 Å². The smallest absolute Gasteiger partial charge is 0.311 e. The molecule has 0 aliphatic carbocycles. The monoisotopic (exact) mass is 265 g/mol. The molecular weight excluding hydrogens is 258 g/mol. The average molecular weight is 266 g/mol. The predicted octanol–water partition coefficient (Wildman–Crippen LogP) is 3.02.